The minimum Gasteiger partial charge on any atom is -0.479 e. The number of aromatic nitrogens is 6. The second kappa shape index (κ2) is 21.0. The lowest BCUT2D eigenvalue weighted by Crippen LogP contribution is -2.53. The first-order chi connectivity index (χ1) is 37.0. The van der Waals surface area contributed by atoms with Gasteiger partial charge in [0, 0.05) is 95.7 Å². The summed E-state index contributed by atoms with van der Waals surface area (Å²) in [5.41, 5.74) is 5.09. The van der Waals surface area contributed by atoms with Gasteiger partial charge >= 0.3 is 5.97 Å². The molecule has 2 spiro atoms. The van der Waals surface area contributed by atoms with E-state index in [1.165, 1.54) is 27.7 Å². The number of carboxylic acids is 1. The van der Waals surface area contributed by atoms with Gasteiger partial charge in [0.1, 0.15) is 5.60 Å². The Bertz CT molecular complexity index is 3510. The summed E-state index contributed by atoms with van der Waals surface area (Å²) in [5, 5.41) is 34.4. The van der Waals surface area contributed by atoms with Crippen molar-refractivity contribution in [1.82, 2.24) is 40.1 Å². The number of aliphatic hydroxyl groups is 2. The largest absolute Gasteiger partial charge is 0.479 e. The molecule has 12 rings (SSSR count). The van der Waals surface area contributed by atoms with Crippen LogP contribution in [0.1, 0.15) is 75.9 Å². The molecule has 0 atom stereocenters. The van der Waals surface area contributed by atoms with Crippen molar-refractivity contribution in [1.29, 1.82) is 0 Å². The van der Waals surface area contributed by atoms with E-state index in [0.717, 1.165) is 104 Å². The van der Waals surface area contributed by atoms with Crippen molar-refractivity contribution in [2.75, 3.05) is 36.0 Å². The molecule has 77 heavy (non-hydrogen) atoms. The van der Waals surface area contributed by atoms with Crippen LogP contribution in [0.2, 0.25) is 0 Å². The molecule has 392 valence electrons. The Hall–Kier alpha value is -8.38. The molecule has 3 amide bonds. The topological polar surface area (TPSA) is 228 Å². The van der Waals surface area contributed by atoms with E-state index in [1.807, 2.05) is 96.5 Å². The monoisotopic (exact) mass is 1030 g/mol. The molecule has 8 aromatic rings. The molecule has 0 radical (unpaired) electrons. The third kappa shape index (κ3) is 9.89. The van der Waals surface area contributed by atoms with Crippen LogP contribution in [0, 0.1) is 0 Å². The standard InChI is InChI=1S/C30H29N5O3.C26H23N5O.C4H8O3/c1-29(2,38)27(36)34-14-10-30(11-15-34)23-9-13-32-18-25(23)35(28(30)37)19-24-26(21-7-5-12-31-16-21)22-8-4-3-6-20(22)17-33-24;32-25-26(8-12-27-13-9-26)21-7-11-29-16-23(21)31(25)17-22-24(19-5-3-10-28-14-19)20-6-2-1-4-18(20)15-30-22;1-4(2,7)3(5)6/h3-9,12-13,16-18,38H,10-11,14-15,19H2,1-2H3;1-7,10-11,14-16,27H,8-9,12-13,17H2;7H,1-2H3,(H,5,6). The molecule has 10 heterocycles. The van der Waals surface area contributed by atoms with E-state index in [2.05, 4.69) is 49.5 Å². The van der Waals surface area contributed by atoms with Crippen LogP contribution >= 0.6 is 0 Å². The van der Waals surface area contributed by atoms with Gasteiger partial charge in [0.2, 0.25) is 11.8 Å². The Morgan fingerprint density at radius 2 is 0.987 bits per heavy atom. The number of aliphatic carboxylic acids is 1. The Labute approximate surface area is 445 Å². The summed E-state index contributed by atoms with van der Waals surface area (Å²) in [7, 11) is 0. The summed E-state index contributed by atoms with van der Waals surface area (Å²) < 4.78 is 0. The number of rotatable bonds is 8. The number of hydrogen-bond acceptors (Lipinski definition) is 13. The molecule has 0 bridgehead atoms. The average Bonchev–Trinajstić information content (AvgIpc) is 3.95. The van der Waals surface area contributed by atoms with E-state index in [9.17, 15) is 24.3 Å². The number of amides is 3. The number of carboxylic acid groups (broad SMARTS) is 1. The zero-order valence-corrected chi connectivity index (χ0v) is 43.4. The van der Waals surface area contributed by atoms with Gasteiger partial charge in [-0.15, -0.1) is 0 Å². The smallest absolute Gasteiger partial charge is 0.335 e. The Kier molecular flexibility index (Phi) is 14.2. The maximum Gasteiger partial charge on any atom is 0.335 e. The number of piperidine rings is 2. The summed E-state index contributed by atoms with van der Waals surface area (Å²) in [6.07, 6.45) is 20.6. The normalized spacial score (nSPS) is 16.4. The van der Waals surface area contributed by atoms with Gasteiger partial charge in [-0.3, -0.25) is 44.3 Å². The first kappa shape index (κ1) is 52.1. The van der Waals surface area contributed by atoms with E-state index in [-0.39, 0.29) is 17.7 Å². The lowest BCUT2D eigenvalue weighted by molar-refractivity contribution is -0.154. The highest BCUT2D eigenvalue weighted by molar-refractivity contribution is 6.10. The number of nitrogens with one attached hydrogen (secondary N) is 1. The van der Waals surface area contributed by atoms with Gasteiger partial charge in [0.15, 0.2) is 5.60 Å². The van der Waals surface area contributed by atoms with Crippen molar-refractivity contribution >= 4 is 56.6 Å². The molecule has 2 aromatic carbocycles. The molecule has 0 unspecified atom stereocenters. The van der Waals surface area contributed by atoms with Crippen molar-refractivity contribution in [3.8, 4) is 22.3 Å². The van der Waals surface area contributed by atoms with Crippen LogP contribution < -0.4 is 15.1 Å². The van der Waals surface area contributed by atoms with Crippen LogP contribution in [0.3, 0.4) is 0 Å². The third-order valence-electron chi connectivity index (χ3n) is 15.2. The maximum atomic E-state index is 14.2. The fourth-order valence-electron chi connectivity index (χ4n) is 11.2. The summed E-state index contributed by atoms with van der Waals surface area (Å²) in [4.78, 5) is 83.0. The van der Waals surface area contributed by atoms with E-state index in [1.54, 1.807) is 40.8 Å². The highest BCUT2D eigenvalue weighted by Gasteiger charge is 2.54. The maximum absolute atomic E-state index is 14.2. The zero-order chi connectivity index (χ0) is 54.1. The number of fused-ring (bicyclic) bond motifs is 6. The molecule has 17 heteroatoms. The van der Waals surface area contributed by atoms with Gasteiger partial charge in [-0.25, -0.2) is 4.79 Å². The van der Waals surface area contributed by atoms with Crippen molar-refractivity contribution in [3.63, 3.8) is 0 Å². The van der Waals surface area contributed by atoms with Crippen LogP contribution in [0.25, 0.3) is 43.8 Å². The highest BCUT2D eigenvalue weighted by Crippen LogP contribution is 2.50. The molecule has 2 saturated heterocycles. The molecule has 0 saturated carbocycles. The summed E-state index contributed by atoms with van der Waals surface area (Å²) in [6, 6.07) is 28.2. The van der Waals surface area contributed by atoms with Crippen LogP contribution in [0.15, 0.2) is 147 Å². The van der Waals surface area contributed by atoms with Gasteiger partial charge in [0.05, 0.1) is 59.1 Å². The SMILES string of the molecule is CC(C)(O)C(=O)N1CCC2(CC1)C(=O)N(Cc1ncc3ccccc3c1-c1cccnc1)c1cnccc12.CC(C)(O)C(=O)O.O=C1N(Cc2ncc3ccccc3c2-c2cccnc2)c2cnccc2C12CCNCC2. The molecular formula is C60H60N10O7. The van der Waals surface area contributed by atoms with E-state index >= 15 is 0 Å². The van der Waals surface area contributed by atoms with Gasteiger partial charge in [-0.2, -0.15) is 0 Å². The summed E-state index contributed by atoms with van der Waals surface area (Å²) in [5.74, 6) is -1.35. The predicted octanol–water partition coefficient (Wildman–Crippen LogP) is 7.57. The number of likely N-dealkylation sites (tertiary alicyclic amines) is 1. The number of carbonyl (C=O) groups is 4. The quantitative estimate of drug-likeness (QED) is 0.115. The van der Waals surface area contributed by atoms with Crippen molar-refractivity contribution in [2.24, 2.45) is 0 Å². The molecule has 0 aliphatic carbocycles. The lowest BCUT2D eigenvalue weighted by Gasteiger charge is -2.40. The first-order valence-electron chi connectivity index (χ1n) is 25.8. The number of benzene rings is 2. The van der Waals surface area contributed by atoms with Crippen molar-refractivity contribution in [2.45, 2.75) is 88.5 Å². The molecule has 6 aromatic heterocycles. The number of pyridine rings is 6. The Balaban J connectivity index is 0.000000157. The number of nitrogens with zero attached hydrogens (tertiary/aromatic N) is 9. The Morgan fingerprint density at radius 1 is 0.558 bits per heavy atom. The second-order valence-corrected chi connectivity index (χ2v) is 21.0. The summed E-state index contributed by atoms with van der Waals surface area (Å²) >= 11 is 0. The molecule has 17 nitrogen and oxygen atoms in total. The van der Waals surface area contributed by atoms with Gasteiger partial charge in [-0.05, 0) is 113 Å². The van der Waals surface area contributed by atoms with Crippen LogP contribution in [0.4, 0.5) is 11.4 Å². The van der Waals surface area contributed by atoms with Gasteiger partial charge in [0.25, 0.3) is 5.91 Å². The van der Waals surface area contributed by atoms with Gasteiger partial charge in [-0.1, -0.05) is 60.7 Å². The third-order valence-corrected chi connectivity index (χ3v) is 15.2. The van der Waals surface area contributed by atoms with Gasteiger partial charge < -0.3 is 35.3 Å². The predicted molar refractivity (Wildman–Crippen MR) is 292 cm³/mol. The molecule has 4 N–H and O–H groups in total. The molecule has 2 fully saturated rings. The molecule has 4 aliphatic rings. The van der Waals surface area contributed by atoms with Crippen molar-refractivity contribution < 1.29 is 34.5 Å². The highest BCUT2D eigenvalue weighted by atomic mass is 16.4. The molecule has 4 aliphatic heterocycles. The number of carbonyl (C=O) groups excluding carboxylic acids is 3. The van der Waals surface area contributed by atoms with Crippen LogP contribution in [0.5, 0.6) is 0 Å². The number of anilines is 2. The molecular weight excluding hydrogens is 973 g/mol. The zero-order valence-electron chi connectivity index (χ0n) is 43.4. The van der Waals surface area contributed by atoms with E-state index in [0.29, 0.717) is 39.0 Å². The van der Waals surface area contributed by atoms with E-state index < -0.39 is 28.0 Å². The summed E-state index contributed by atoms with van der Waals surface area (Å²) in [6.45, 7) is 8.62. The van der Waals surface area contributed by atoms with E-state index in [4.69, 9.17) is 20.2 Å². The number of hydrogen-bond donors (Lipinski definition) is 4. The minimum absolute atomic E-state index is 0.00273. The van der Waals surface area contributed by atoms with Crippen LogP contribution in [-0.2, 0) is 43.1 Å². The first-order valence-corrected chi connectivity index (χ1v) is 25.8. The Morgan fingerprint density at radius 3 is 1.40 bits per heavy atom. The average molecular weight is 1030 g/mol. The van der Waals surface area contributed by atoms with Crippen molar-refractivity contribution in [3.05, 3.63) is 169 Å². The second-order valence-electron chi connectivity index (χ2n) is 21.0. The fraction of sp³-hybridized carbons (Fsp3) is 0.300. The lowest BCUT2D eigenvalue weighted by atomic mass is 9.73. The van der Waals surface area contributed by atoms with Crippen LogP contribution in [-0.4, -0.2) is 111 Å². The fourth-order valence-corrected chi connectivity index (χ4v) is 11.2. The minimum atomic E-state index is -1.58.